The third-order valence-electron chi connectivity index (χ3n) is 3.68. The van der Waals surface area contributed by atoms with Gasteiger partial charge in [0.05, 0.1) is 25.0 Å². The van der Waals surface area contributed by atoms with Crippen LogP contribution < -0.4 is 5.73 Å². The van der Waals surface area contributed by atoms with E-state index < -0.39 is 47.4 Å². The lowest BCUT2D eigenvalue weighted by Gasteiger charge is -2.27. The number of methoxy groups -OCH3 is 1. The van der Waals surface area contributed by atoms with Gasteiger partial charge in [-0.2, -0.15) is 0 Å². The fourth-order valence-electron chi connectivity index (χ4n) is 2.64. The number of benzene rings is 1. The second-order valence-electron chi connectivity index (χ2n) is 8.62. The molecule has 1 rings (SSSR count). The predicted molar refractivity (Wildman–Crippen MR) is 118 cm³/mol. The molecule has 30 heavy (non-hydrogen) atoms. The van der Waals surface area contributed by atoms with Crippen molar-refractivity contribution in [1.82, 2.24) is 0 Å². The Morgan fingerprint density at radius 3 is 1.90 bits per heavy atom. The maximum Gasteiger partial charge on any atom is 0.338 e. The number of primary amides is 1. The fourth-order valence-corrected chi connectivity index (χ4v) is 3.71. The van der Waals surface area contributed by atoms with Crippen molar-refractivity contribution in [2.24, 2.45) is 5.73 Å². The third kappa shape index (κ3) is 7.26. The van der Waals surface area contributed by atoms with E-state index >= 15 is 0 Å². The first kappa shape index (κ1) is 25.9. The molecule has 0 aliphatic rings. The lowest BCUT2D eigenvalue weighted by atomic mass is 9.89. The minimum absolute atomic E-state index is 0.00599. The Hall–Kier alpha value is -2.17. The normalized spacial score (nSPS) is 12.7. The van der Waals surface area contributed by atoms with Crippen molar-refractivity contribution in [3.8, 4) is 0 Å². The Morgan fingerprint density at radius 1 is 0.967 bits per heavy atom. The quantitative estimate of drug-likeness (QED) is 0.338. The van der Waals surface area contributed by atoms with Gasteiger partial charge in [-0.25, -0.2) is 4.79 Å². The number of carbonyl (C=O) groups is 4. The number of hydrogen-bond acceptors (Lipinski definition) is 7. The molecule has 1 atom stereocenters. The lowest BCUT2D eigenvalue weighted by Crippen LogP contribution is -2.33. The summed E-state index contributed by atoms with van der Waals surface area (Å²) in [4.78, 5) is 49.8. The van der Waals surface area contributed by atoms with Crippen LogP contribution in [0.3, 0.4) is 0 Å². The van der Waals surface area contributed by atoms with Crippen molar-refractivity contribution in [2.75, 3.05) is 7.11 Å². The van der Waals surface area contributed by atoms with Crippen LogP contribution >= 0.6 is 22.6 Å². The highest BCUT2D eigenvalue weighted by molar-refractivity contribution is 14.1. The van der Waals surface area contributed by atoms with Crippen molar-refractivity contribution < 1.29 is 33.4 Å². The highest BCUT2D eigenvalue weighted by atomic mass is 127. The summed E-state index contributed by atoms with van der Waals surface area (Å²) in [7, 11) is 1.21. The highest BCUT2D eigenvalue weighted by Crippen LogP contribution is 2.34. The number of esters is 3. The Bertz CT molecular complexity index is 850. The number of nitrogens with two attached hydrogens (primary N) is 1. The van der Waals surface area contributed by atoms with Crippen molar-refractivity contribution >= 4 is 46.4 Å². The van der Waals surface area contributed by atoms with Gasteiger partial charge in [0.2, 0.25) is 5.91 Å². The van der Waals surface area contributed by atoms with Crippen LogP contribution in [0.15, 0.2) is 12.1 Å². The number of rotatable bonds is 6. The van der Waals surface area contributed by atoms with Crippen LogP contribution in [0.4, 0.5) is 0 Å². The minimum atomic E-state index is -1.21. The first-order valence-corrected chi connectivity index (χ1v) is 10.3. The second kappa shape index (κ2) is 9.76. The molecule has 9 heteroatoms. The Balaban J connectivity index is 3.65. The van der Waals surface area contributed by atoms with Crippen LogP contribution in [0.2, 0.25) is 0 Å². The van der Waals surface area contributed by atoms with Crippen molar-refractivity contribution in [2.45, 2.75) is 65.1 Å². The molecule has 0 aliphatic carbocycles. The number of hydrogen-bond donors (Lipinski definition) is 1. The van der Waals surface area contributed by atoms with E-state index in [4.69, 9.17) is 19.9 Å². The van der Waals surface area contributed by atoms with Gasteiger partial charge in [-0.05, 0) is 81.8 Å². The van der Waals surface area contributed by atoms with Gasteiger partial charge in [0.15, 0.2) is 0 Å². The zero-order valence-corrected chi connectivity index (χ0v) is 20.4. The van der Waals surface area contributed by atoms with Gasteiger partial charge >= 0.3 is 17.9 Å². The molecule has 0 heterocycles. The predicted octanol–water partition coefficient (Wildman–Crippen LogP) is 3.33. The van der Waals surface area contributed by atoms with Crippen LogP contribution in [0.5, 0.6) is 0 Å². The zero-order chi connectivity index (χ0) is 23.4. The van der Waals surface area contributed by atoms with Crippen LogP contribution in [-0.2, 0) is 23.8 Å². The average molecular weight is 533 g/mol. The van der Waals surface area contributed by atoms with Crippen LogP contribution in [0.1, 0.15) is 80.2 Å². The van der Waals surface area contributed by atoms with E-state index in [0.717, 1.165) is 0 Å². The second-order valence-corrected chi connectivity index (χ2v) is 9.70. The molecule has 0 saturated heterocycles. The van der Waals surface area contributed by atoms with Gasteiger partial charge in [0.1, 0.15) is 11.2 Å². The van der Waals surface area contributed by atoms with Gasteiger partial charge in [0, 0.05) is 9.13 Å². The van der Waals surface area contributed by atoms with Crippen LogP contribution in [0.25, 0.3) is 0 Å². The molecule has 0 bridgehead atoms. The smallest absolute Gasteiger partial charge is 0.338 e. The molecule has 0 radical (unpaired) electrons. The van der Waals surface area contributed by atoms with Crippen molar-refractivity contribution in [3.05, 3.63) is 32.4 Å². The number of ether oxygens (including phenoxy) is 3. The SMILES string of the molecule is COC(=O)c1ccc(C(N)=O)c([C@H](CC(=O)OC(C)(C)C)C(=O)OC(C)(C)C)c1I. The van der Waals surface area contributed by atoms with E-state index in [1.807, 2.05) is 22.6 Å². The van der Waals surface area contributed by atoms with Crippen LogP contribution in [-0.4, -0.2) is 42.1 Å². The first-order valence-electron chi connectivity index (χ1n) is 9.22. The Kier molecular flexibility index (Phi) is 8.41. The van der Waals surface area contributed by atoms with Crippen molar-refractivity contribution in [1.29, 1.82) is 0 Å². The van der Waals surface area contributed by atoms with E-state index in [2.05, 4.69) is 0 Å². The molecular weight excluding hydrogens is 505 g/mol. The van der Waals surface area contributed by atoms with E-state index in [1.165, 1.54) is 19.2 Å². The summed E-state index contributed by atoms with van der Waals surface area (Å²) in [6.45, 7) is 10.1. The molecule has 8 nitrogen and oxygen atoms in total. The monoisotopic (exact) mass is 533 g/mol. The minimum Gasteiger partial charge on any atom is -0.465 e. The summed E-state index contributed by atoms with van der Waals surface area (Å²) >= 11 is 1.83. The molecule has 2 N–H and O–H groups in total. The molecule has 0 unspecified atom stereocenters. The van der Waals surface area contributed by atoms with Gasteiger partial charge in [-0.1, -0.05) is 0 Å². The fraction of sp³-hybridized carbons (Fsp3) is 0.524. The maximum absolute atomic E-state index is 13.0. The summed E-state index contributed by atoms with van der Waals surface area (Å²) < 4.78 is 15.9. The molecule has 0 aliphatic heterocycles. The van der Waals surface area contributed by atoms with Gasteiger partial charge in [0.25, 0.3) is 0 Å². The highest BCUT2D eigenvalue weighted by Gasteiger charge is 2.35. The summed E-state index contributed by atoms with van der Waals surface area (Å²) in [5, 5.41) is 0. The molecular formula is C21H28INO7. The number of carbonyl (C=O) groups excluding carboxylic acids is 4. The summed E-state index contributed by atoms with van der Waals surface area (Å²) in [5.41, 5.74) is 4.16. The van der Waals surface area contributed by atoms with Gasteiger partial charge < -0.3 is 19.9 Å². The molecule has 1 amide bonds. The maximum atomic E-state index is 13.0. The van der Waals surface area contributed by atoms with E-state index in [9.17, 15) is 19.2 Å². The standard InChI is InChI=1S/C21H28INO7/c1-20(2,3)29-14(24)10-13(19(27)30-21(4,5)6)15-11(17(23)25)8-9-12(16(15)22)18(26)28-7/h8-9,13H,10H2,1-7H3,(H2,23,25)/t13-/m0/s1. The molecule has 0 saturated carbocycles. The average Bonchev–Trinajstić information content (AvgIpc) is 2.55. The molecule has 0 spiro atoms. The molecule has 1 aromatic rings. The lowest BCUT2D eigenvalue weighted by molar-refractivity contribution is -0.164. The number of amides is 1. The van der Waals surface area contributed by atoms with Crippen LogP contribution in [0, 0.1) is 3.57 Å². The molecule has 0 fully saturated rings. The molecule has 166 valence electrons. The van der Waals surface area contributed by atoms with E-state index in [0.29, 0.717) is 0 Å². The molecule has 0 aromatic heterocycles. The zero-order valence-electron chi connectivity index (χ0n) is 18.3. The summed E-state index contributed by atoms with van der Waals surface area (Å²) in [5.74, 6) is -4.07. The first-order chi connectivity index (χ1) is 13.6. The van der Waals surface area contributed by atoms with E-state index in [1.54, 1.807) is 41.5 Å². The summed E-state index contributed by atoms with van der Waals surface area (Å²) in [6, 6.07) is 2.72. The summed E-state index contributed by atoms with van der Waals surface area (Å²) in [6.07, 6.45) is -0.396. The topological polar surface area (TPSA) is 122 Å². The Labute approximate surface area is 189 Å². The van der Waals surface area contributed by atoms with Gasteiger partial charge in [-0.3, -0.25) is 14.4 Å². The third-order valence-corrected chi connectivity index (χ3v) is 4.84. The Morgan fingerprint density at radius 2 is 1.47 bits per heavy atom. The molecule has 1 aromatic carbocycles. The van der Waals surface area contributed by atoms with Gasteiger partial charge in [-0.15, -0.1) is 0 Å². The largest absolute Gasteiger partial charge is 0.465 e. The number of halogens is 1. The van der Waals surface area contributed by atoms with Crippen molar-refractivity contribution in [3.63, 3.8) is 0 Å². The van der Waals surface area contributed by atoms with E-state index in [-0.39, 0.29) is 20.3 Å².